The lowest BCUT2D eigenvalue weighted by atomic mass is 9.97. The maximum Gasteiger partial charge on any atom is 0.258 e. The first kappa shape index (κ1) is 17.3. The monoisotopic (exact) mass is 356 g/mol. The van der Waals surface area contributed by atoms with Gasteiger partial charge in [-0.05, 0) is 62.5 Å². The molecule has 2 N–H and O–H groups in total. The maximum atomic E-state index is 12.1. The second-order valence-corrected chi connectivity index (χ2v) is 6.44. The standard InChI is InChI=1S/C16H18Cl2N2OS/c17-12-6-7-13(14(18)10-12)15(21)20-16(22)19-9-8-11-4-2-1-3-5-11/h4,6-7,10H,1-3,5,8-9H2,(H2,19,20,21,22). The highest BCUT2D eigenvalue weighted by molar-refractivity contribution is 7.80. The summed E-state index contributed by atoms with van der Waals surface area (Å²) in [5.74, 6) is -0.337. The van der Waals surface area contributed by atoms with Gasteiger partial charge in [0.2, 0.25) is 0 Å². The Morgan fingerprint density at radius 1 is 1.27 bits per heavy atom. The molecule has 1 aliphatic carbocycles. The van der Waals surface area contributed by atoms with E-state index in [4.69, 9.17) is 35.4 Å². The van der Waals surface area contributed by atoms with Crippen molar-refractivity contribution in [1.82, 2.24) is 10.6 Å². The second-order valence-electron chi connectivity index (χ2n) is 5.19. The van der Waals surface area contributed by atoms with E-state index in [1.54, 1.807) is 12.1 Å². The molecule has 0 spiro atoms. The van der Waals surface area contributed by atoms with Crippen LogP contribution in [-0.4, -0.2) is 17.6 Å². The third-order valence-electron chi connectivity index (χ3n) is 3.52. The predicted octanol–water partition coefficient (Wildman–Crippen LogP) is 4.49. The zero-order chi connectivity index (χ0) is 15.9. The van der Waals surface area contributed by atoms with Gasteiger partial charge in [0.15, 0.2) is 5.11 Å². The number of benzene rings is 1. The third kappa shape index (κ3) is 5.27. The van der Waals surface area contributed by atoms with E-state index in [0.717, 1.165) is 13.0 Å². The van der Waals surface area contributed by atoms with Crippen LogP contribution in [-0.2, 0) is 0 Å². The van der Waals surface area contributed by atoms with Crippen LogP contribution >= 0.6 is 35.4 Å². The first-order chi connectivity index (χ1) is 10.6. The molecule has 1 amide bonds. The molecule has 0 fully saturated rings. The average Bonchev–Trinajstić information content (AvgIpc) is 2.48. The summed E-state index contributed by atoms with van der Waals surface area (Å²) in [6.07, 6.45) is 8.15. The van der Waals surface area contributed by atoms with Crippen molar-refractivity contribution < 1.29 is 4.79 Å². The third-order valence-corrected chi connectivity index (χ3v) is 4.31. The van der Waals surface area contributed by atoms with Crippen molar-refractivity contribution in [3.63, 3.8) is 0 Å². The molecule has 0 radical (unpaired) electrons. The number of carbonyl (C=O) groups excluding carboxylic acids is 1. The van der Waals surface area contributed by atoms with Crippen LogP contribution in [0.25, 0.3) is 0 Å². The molecule has 1 aromatic rings. The fourth-order valence-electron chi connectivity index (χ4n) is 2.36. The minimum atomic E-state index is -0.337. The molecular weight excluding hydrogens is 339 g/mol. The number of halogens is 2. The van der Waals surface area contributed by atoms with Gasteiger partial charge < -0.3 is 5.32 Å². The summed E-state index contributed by atoms with van der Waals surface area (Å²) in [4.78, 5) is 12.1. The highest BCUT2D eigenvalue weighted by Crippen LogP contribution is 2.21. The van der Waals surface area contributed by atoms with E-state index >= 15 is 0 Å². The van der Waals surface area contributed by atoms with Crippen molar-refractivity contribution in [2.24, 2.45) is 0 Å². The van der Waals surface area contributed by atoms with Gasteiger partial charge in [-0.1, -0.05) is 34.9 Å². The molecule has 1 aliphatic rings. The van der Waals surface area contributed by atoms with Gasteiger partial charge in [-0.2, -0.15) is 0 Å². The molecular formula is C16H18Cl2N2OS. The van der Waals surface area contributed by atoms with Crippen LogP contribution in [0.2, 0.25) is 10.0 Å². The Kier molecular flexibility index (Phi) is 6.68. The SMILES string of the molecule is O=C(NC(=S)NCCC1=CCCCC1)c1ccc(Cl)cc1Cl. The van der Waals surface area contributed by atoms with Crippen LogP contribution in [0.5, 0.6) is 0 Å². The normalized spacial score (nSPS) is 14.2. The summed E-state index contributed by atoms with van der Waals surface area (Å²) in [6, 6.07) is 4.73. The Morgan fingerprint density at radius 2 is 2.09 bits per heavy atom. The fraction of sp³-hybridized carbons (Fsp3) is 0.375. The van der Waals surface area contributed by atoms with Crippen molar-refractivity contribution in [3.05, 3.63) is 45.5 Å². The summed E-state index contributed by atoms with van der Waals surface area (Å²) >= 11 is 16.9. The van der Waals surface area contributed by atoms with Gasteiger partial charge in [-0.3, -0.25) is 10.1 Å². The number of amides is 1. The lowest BCUT2D eigenvalue weighted by Gasteiger charge is -2.14. The van der Waals surface area contributed by atoms with Crippen LogP contribution < -0.4 is 10.6 Å². The molecule has 22 heavy (non-hydrogen) atoms. The zero-order valence-corrected chi connectivity index (χ0v) is 14.5. The van der Waals surface area contributed by atoms with E-state index in [9.17, 15) is 4.79 Å². The van der Waals surface area contributed by atoms with Crippen molar-refractivity contribution in [2.45, 2.75) is 32.1 Å². The van der Waals surface area contributed by atoms with Crippen LogP contribution in [0.3, 0.4) is 0 Å². The molecule has 0 saturated heterocycles. The smallest absolute Gasteiger partial charge is 0.258 e. The number of allylic oxidation sites excluding steroid dienone is 1. The topological polar surface area (TPSA) is 41.1 Å². The summed E-state index contributed by atoms with van der Waals surface area (Å²) < 4.78 is 0. The van der Waals surface area contributed by atoms with E-state index in [2.05, 4.69) is 16.7 Å². The first-order valence-corrected chi connectivity index (χ1v) is 8.45. The first-order valence-electron chi connectivity index (χ1n) is 7.28. The van der Waals surface area contributed by atoms with Crippen molar-refractivity contribution in [3.8, 4) is 0 Å². The van der Waals surface area contributed by atoms with Crippen LogP contribution in [0.15, 0.2) is 29.8 Å². The Morgan fingerprint density at radius 3 is 2.77 bits per heavy atom. The molecule has 6 heteroatoms. The fourth-order valence-corrected chi connectivity index (χ4v) is 3.05. The molecule has 3 nitrogen and oxygen atoms in total. The average molecular weight is 357 g/mol. The second kappa shape index (κ2) is 8.51. The van der Waals surface area contributed by atoms with Crippen LogP contribution in [0.1, 0.15) is 42.5 Å². The lowest BCUT2D eigenvalue weighted by molar-refractivity contribution is 0.0977. The van der Waals surface area contributed by atoms with E-state index < -0.39 is 0 Å². The van der Waals surface area contributed by atoms with E-state index in [1.807, 2.05) is 0 Å². The van der Waals surface area contributed by atoms with E-state index in [-0.39, 0.29) is 5.91 Å². The summed E-state index contributed by atoms with van der Waals surface area (Å²) in [6.45, 7) is 0.722. The summed E-state index contributed by atoms with van der Waals surface area (Å²) in [7, 11) is 0. The highest BCUT2D eigenvalue weighted by atomic mass is 35.5. The maximum absolute atomic E-state index is 12.1. The van der Waals surface area contributed by atoms with Gasteiger partial charge >= 0.3 is 0 Å². The lowest BCUT2D eigenvalue weighted by Crippen LogP contribution is -2.39. The van der Waals surface area contributed by atoms with Gasteiger partial charge in [0.25, 0.3) is 5.91 Å². The van der Waals surface area contributed by atoms with Gasteiger partial charge in [0, 0.05) is 11.6 Å². The molecule has 1 aromatic carbocycles. The largest absolute Gasteiger partial charge is 0.362 e. The zero-order valence-electron chi connectivity index (χ0n) is 12.1. The number of hydrogen-bond donors (Lipinski definition) is 2. The molecule has 0 saturated carbocycles. The van der Waals surface area contributed by atoms with Gasteiger partial charge in [-0.15, -0.1) is 0 Å². The Balaban J connectivity index is 1.78. The number of carbonyl (C=O) groups is 1. The molecule has 0 atom stereocenters. The number of nitrogens with one attached hydrogen (secondary N) is 2. The number of rotatable bonds is 4. The number of thiocarbonyl (C=S) groups is 1. The molecule has 118 valence electrons. The molecule has 0 aliphatic heterocycles. The molecule has 0 bridgehead atoms. The molecule has 0 aromatic heterocycles. The van der Waals surface area contributed by atoms with Crippen molar-refractivity contribution in [1.29, 1.82) is 0 Å². The van der Waals surface area contributed by atoms with Gasteiger partial charge in [-0.25, -0.2) is 0 Å². The van der Waals surface area contributed by atoms with E-state index in [0.29, 0.717) is 20.7 Å². The summed E-state index contributed by atoms with van der Waals surface area (Å²) in [5, 5.41) is 6.79. The Bertz CT molecular complexity index is 602. The van der Waals surface area contributed by atoms with Crippen molar-refractivity contribution in [2.75, 3.05) is 6.54 Å². The highest BCUT2D eigenvalue weighted by Gasteiger charge is 2.12. The minimum Gasteiger partial charge on any atom is -0.362 e. The van der Waals surface area contributed by atoms with Crippen LogP contribution in [0.4, 0.5) is 0 Å². The molecule has 2 rings (SSSR count). The Labute approximate surface area is 146 Å². The predicted molar refractivity (Wildman–Crippen MR) is 95.7 cm³/mol. The van der Waals surface area contributed by atoms with Crippen molar-refractivity contribution >= 4 is 46.4 Å². The van der Waals surface area contributed by atoms with Crippen LogP contribution in [0, 0.1) is 0 Å². The van der Waals surface area contributed by atoms with Gasteiger partial charge in [0.05, 0.1) is 10.6 Å². The molecule has 0 unspecified atom stereocenters. The quantitative estimate of drug-likeness (QED) is 0.616. The van der Waals surface area contributed by atoms with E-state index in [1.165, 1.54) is 37.3 Å². The van der Waals surface area contributed by atoms with Gasteiger partial charge in [0.1, 0.15) is 0 Å². The Hall–Kier alpha value is -1.10. The minimum absolute atomic E-state index is 0.306. The molecule has 0 heterocycles. The number of hydrogen-bond acceptors (Lipinski definition) is 2. The summed E-state index contributed by atoms with van der Waals surface area (Å²) in [5.41, 5.74) is 1.82.